The molecule has 0 aromatic heterocycles. The van der Waals surface area contributed by atoms with Crippen LogP contribution in [0.2, 0.25) is 0 Å². The smallest absolute Gasteiger partial charge is 0.0678 e. The number of aliphatic hydroxyl groups excluding tert-OH is 1. The van der Waals surface area contributed by atoms with Crippen LogP contribution < -0.4 is 5.32 Å². The van der Waals surface area contributed by atoms with E-state index < -0.39 is 0 Å². The molecule has 3 nitrogen and oxygen atoms in total. The quantitative estimate of drug-likeness (QED) is 0.718. The first-order valence-corrected chi connectivity index (χ1v) is 7.22. The number of likely N-dealkylation sites (N-methyl/N-ethyl adjacent to an activating group) is 1. The molecule has 1 aromatic carbocycles. The van der Waals surface area contributed by atoms with E-state index in [1.807, 2.05) is 25.2 Å². The number of hydrogen-bond donors (Lipinski definition) is 2. The average molecular weight is 264 g/mol. The van der Waals surface area contributed by atoms with Crippen molar-refractivity contribution in [1.82, 2.24) is 10.2 Å². The van der Waals surface area contributed by atoms with E-state index in [1.54, 1.807) is 0 Å². The molecule has 108 valence electrons. The monoisotopic (exact) mass is 264 g/mol. The van der Waals surface area contributed by atoms with Crippen molar-refractivity contribution in [1.29, 1.82) is 0 Å². The molecule has 2 N–H and O–H groups in total. The second kappa shape index (κ2) is 8.31. The number of benzene rings is 1. The summed E-state index contributed by atoms with van der Waals surface area (Å²) in [7, 11) is 4.08. The lowest BCUT2D eigenvalue weighted by Crippen LogP contribution is -2.45. The van der Waals surface area contributed by atoms with E-state index in [1.165, 1.54) is 12.8 Å². The van der Waals surface area contributed by atoms with Crippen LogP contribution in [0, 0.1) is 0 Å². The van der Waals surface area contributed by atoms with Gasteiger partial charge in [0.05, 0.1) is 12.1 Å². The summed E-state index contributed by atoms with van der Waals surface area (Å²) in [5, 5.41) is 13.2. The Morgan fingerprint density at radius 2 is 1.89 bits per heavy atom. The van der Waals surface area contributed by atoms with Gasteiger partial charge in [0.2, 0.25) is 0 Å². The van der Waals surface area contributed by atoms with Crippen LogP contribution in [-0.4, -0.2) is 43.8 Å². The molecule has 1 unspecified atom stereocenters. The highest BCUT2D eigenvalue weighted by Crippen LogP contribution is 2.24. The summed E-state index contributed by atoms with van der Waals surface area (Å²) in [4.78, 5) is 2.34. The molecule has 0 fully saturated rings. The normalized spacial score (nSPS) is 14.6. The number of nitrogens with zero attached hydrogens (tertiary/aromatic N) is 1. The van der Waals surface area contributed by atoms with Gasteiger partial charge in [0.15, 0.2) is 0 Å². The van der Waals surface area contributed by atoms with Crippen LogP contribution in [0.15, 0.2) is 30.3 Å². The number of nitrogens with one attached hydrogen (secondary N) is 1. The van der Waals surface area contributed by atoms with E-state index >= 15 is 0 Å². The van der Waals surface area contributed by atoms with E-state index in [4.69, 9.17) is 0 Å². The van der Waals surface area contributed by atoms with Crippen LogP contribution in [-0.2, 0) is 5.54 Å². The molecular weight excluding hydrogens is 236 g/mol. The van der Waals surface area contributed by atoms with Gasteiger partial charge in [-0.3, -0.25) is 0 Å². The van der Waals surface area contributed by atoms with Crippen molar-refractivity contribution in [3.63, 3.8) is 0 Å². The number of hydrogen-bond acceptors (Lipinski definition) is 3. The average Bonchev–Trinajstić information content (AvgIpc) is 2.48. The number of rotatable bonds is 9. The SMILES string of the molecule is CCCCN(C)CCC(CO)(NC)c1ccccc1. The standard InChI is InChI=1S/C16H28N2O/c1-4-5-12-18(3)13-11-16(14-19,17-2)15-9-7-6-8-10-15/h6-10,17,19H,4-5,11-14H2,1-3H3. The first-order valence-electron chi connectivity index (χ1n) is 7.22. The number of unbranched alkanes of at least 4 members (excludes halogenated alkanes) is 1. The first kappa shape index (κ1) is 16.2. The maximum absolute atomic E-state index is 9.84. The third-order valence-electron chi connectivity index (χ3n) is 3.89. The van der Waals surface area contributed by atoms with Gasteiger partial charge in [-0.2, -0.15) is 0 Å². The van der Waals surface area contributed by atoms with Gasteiger partial charge >= 0.3 is 0 Å². The maximum atomic E-state index is 9.84. The summed E-state index contributed by atoms with van der Waals surface area (Å²) >= 11 is 0. The zero-order chi connectivity index (χ0) is 14.1. The summed E-state index contributed by atoms with van der Waals surface area (Å²) < 4.78 is 0. The Labute approximate surface area is 117 Å². The zero-order valence-corrected chi connectivity index (χ0v) is 12.5. The zero-order valence-electron chi connectivity index (χ0n) is 12.5. The summed E-state index contributed by atoms with van der Waals surface area (Å²) in [6.07, 6.45) is 3.36. The maximum Gasteiger partial charge on any atom is 0.0678 e. The molecule has 0 saturated carbocycles. The molecular formula is C16H28N2O. The molecule has 0 aliphatic rings. The van der Waals surface area contributed by atoms with Crippen molar-refractivity contribution >= 4 is 0 Å². The highest BCUT2D eigenvalue weighted by Gasteiger charge is 2.29. The Balaban J connectivity index is 2.67. The highest BCUT2D eigenvalue weighted by molar-refractivity contribution is 5.24. The molecule has 0 heterocycles. The van der Waals surface area contributed by atoms with Gasteiger partial charge in [0, 0.05) is 6.54 Å². The molecule has 0 spiro atoms. The Morgan fingerprint density at radius 1 is 1.21 bits per heavy atom. The van der Waals surface area contributed by atoms with Gasteiger partial charge in [-0.15, -0.1) is 0 Å². The largest absolute Gasteiger partial charge is 0.394 e. The molecule has 0 bridgehead atoms. The fourth-order valence-electron chi connectivity index (χ4n) is 2.34. The predicted octanol–water partition coefficient (Wildman–Crippen LogP) is 2.22. The molecule has 1 aromatic rings. The lowest BCUT2D eigenvalue weighted by atomic mass is 9.87. The summed E-state index contributed by atoms with van der Waals surface area (Å²) in [6.45, 7) is 4.44. The Bertz CT molecular complexity index is 336. The highest BCUT2D eigenvalue weighted by atomic mass is 16.3. The van der Waals surface area contributed by atoms with E-state index in [-0.39, 0.29) is 12.1 Å². The molecule has 19 heavy (non-hydrogen) atoms. The fraction of sp³-hybridized carbons (Fsp3) is 0.625. The molecule has 0 radical (unpaired) electrons. The van der Waals surface area contributed by atoms with Gasteiger partial charge in [-0.25, -0.2) is 0 Å². The lowest BCUT2D eigenvalue weighted by Gasteiger charge is -2.34. The molecule has 1 atom stereocenters. The van der Waals surface area contributed by atoms with Crippen molar-refractivity contribution in [2.75, 3.05) is 33.8 Å². The summed E-state index contributed by atoms with van der Waals surface area (Å²) in [5.41, 5.74) is 0.825. The third-order valence-corrected chi connectivity index (χ3v) is 3.89. The summed E-state index contributed by atoms with van der Waals surface area (Å²) in [5.74, 6) is 0. The minimum absolute atomic E-state index is 0.120. The van der Waals surface area contributed by atoms with Crippen molar-refractivity contribution in [3.05, 3.63) is 35.9 Å². The van der Waals surface area contributed by atoms with E-state index in [9.17, 15) is 5.11 Å². The Kier molecular flexibility index (Phi) is 7.06. The fourth-order valence-corrected chi connectivity index (χ4v) is 2.34. The lowest BCUT2D eigenvalue weighted by molar-refractivity contribution is 0.144. The van der Waals surface area contributed by atoms with Gasteiger partial charge in [0.25, 0.3) is 0 Å². The van der Waals surface area contributed by atoms with Crippen LogP contribution >= 0.6 is 0 Å². The number of aliphatic hydroxyl groups is 1. The van der Waals surface area contributed by atoms with Crippen LogP contribution in [0.5, 0.6) is 0 Å². The third kappa shape index (κ3) is 4.60. The minimum atomic E-state index is -0.332. The molecule has 0 aliphatic heterocycles. The van der Waals surface area contributed by atoms with Crippen molar-refractivity contribution in [2.24, 2.45) is 0 Å². The van der Waals surface area contributed by atoms with Crippen LogP contribution in [0.1, 0.15) is 31.7 Å². The molecule has 0 saturated heterocycles. The second-order valence-electron chi connectivity index (χ2n) is 5.26. The van der Waals surface area contributed by atoms with Crippen LogP contribution in [0.25, 0.3) is 0 Å². The van der Waals surface area contributed by atoms with Crippen molar-refractivity contribution in [2.45, 2.75) is 31.7 Å². The minimum Gasteiger partial charge on any atom is -0.394 e. The first-order chi connectivity index (χ1) is 9.18. The summed E-state index contributed by atoms with van der Waals surface area (Å²) in [6, 6.07) is 10.2. The van der Waals surface area contributed by atoms with Gasteiger partial charge in [-0.1, -0.05) is 43.7 Å². The van der Waals surface area contributed by atoms with Crippen molar-refractivity contribution < 1.29 is 5.11 Å². The molecule has 3 heteroatoms. The topological polar surface area (TPSA) is 35.5 Å². The van der Waals surface area contributed by atoms with E-state index in [0.717, 1.165) is 25.1 Å². The van der Waals surface area contributed by atoms with Crippen molar-refractivity contribution in [3.8, 4) is 0 Å². The Morgan fingerprint density at radius 3 is 2.42 bits per heavy atom. The van der Waals surface area contributed by atoms with Crippen LogP contribution in [0.3, 0.4) is 0 Å². The van der Waals surface area contributed by atoms with Gasteiger partial charge < -0.3 is 15.3 Å². The second-order valence-corrected chi connectivity index (χ2v) is 5.26. The molecule has 1 rings (SSSR count). The Hall–Kier alpha value is -0.900. The molecule has 0 aliphatic carbocycles. The predicted molar refractivity (Wildman–Crippen MR) is 81.3 cm³/mol. The van der Waals surface area contributed by atoms with E-state index in [0.29, 0.717) is 0 Å². The van der Waals surface area contributed by atoms with Gasteiger partial charge in [-0.05, 0) is 39.0 Å². The molecule has 0 amide bonds. The van der Waals surface area contributed by atoms with Crippen LogP contribution in [0.4, 0.5) is 0 Å². The van der Waals surface area contributed by atoms with E-state index in [2.05, 4.69) is 36.3 Å². The van der Waals surface area contributed by atoms with Gasteiger partial charge in [0.1, 0.15) is 0 Å².